The van der Waals surface area contributed by atoms with E-state index in [-0.39, 0.29) is 35.3 Å². The van der Waals surface area contributed by atoms with Gasteiger partial charge >= 0.3 is 0 Å². The van der Waals surface area contributed by atoms with Crippen molar-refractivity contribution in [1.82, 2.24) is 10.6 Å². The Morgan fingerprint density at radius 2 is 1.76 bits per heavy atom. The van der Waals surface area contributed by atoms with Crippen molar-refractivity contribution in [3.05, 3.63) is 65.7 Å². The van der Waals surface area contributed by atoms with Gasteiger partial charge in [0.15, 0.2) is 5.96 Å². The van der Waals surface area contributed by atoms with Crippen LogP contribution in [-0.4, -0.2) is 25.5 Å². The van der Waals surface area contributed by atoms with Crippen molar-refractivity contribution in [2.75, 3.05) is 18.9 Å². The quantitative estimate of drug-likeness (QED) is 0.309. The Bertz CT molecular complexity index is 817. The topological polar surface area (TPSA) is 65.5 Å². The van der Waals surface area contributed by atoms with Crippen molar-refractivity contribution in [3.8, 4) is 0 Å². The number of hydrogen-bond donors (Lipinski definition) is 3. The van der Waals surface area contributed by atoms with Crippen LogP contribution in [0.25, 0.3) is 0 Å². The maximum atomic E-state index is 11.2. The molecular weight excluding hydrogens is 475 g/mol. The summed E-state index contributed by atoms with van der Waals surface area (Å²) in [7, 11) is 1.80. The number of amides is 1. The number of hydrogen-bond acceptors (Lipinski definition) is 2. The van der Waals surface area contributed by atoms with Gasteiger partial charge in [-0.15, -0.1) is 24.0 Å². The van der Waals surface area contributed by atoms with Crippen LogP contribution in [0.1, 0.15) is 43.7 Å². The lowest BCUT2D eigenvalue weighted by Crippen LogP contribution is -2.44. The van der Waals surface area contributed by atoms with Crippen molar-refractivity contribution in [2.45, 2.75) is 44.6 Å². The van der Waals surface area contributed by atoms with Crippen LogP contribution in [0.4, 0.5) is 5.69 Å². The predicted molar refractivity (Wildman–Crippen MR) is 131 cm³/mol. The van der Waals surface area contributed by atoms with Gasteiger partial charge in [-0.3, -0.25) is 9.79 Å². The second-order valence-electron chi connectivity index (χ2n) is 7.51. The molecule has 0 aliphatic heterocycles. The highest BCUT2D eigenvalue weighted by molar-refractivity contribution is 14.0. The molecule has 0 radical (unpaired) electrons. The van der Waals surface area contributed by atoms with Crippen LogP contribution >= 0.6 is 24.0 Å². The first kappa shape index (κ1) is 23.2. The molecule has 29 heavy (non-hydrogen) atoms. The standard InChI is InChI=1S/C23H30N4O.HI/c1-18(28)27-21-12-8-9-19(15-21)16-25-22(24-2)26-17-23(13-6-7-14-23)20-10-4-3-5-11-20;/h3-5,8-12,15H,6-7,13-14,16-17H2,1-2H3,(H,27,28)(H2,24,25,26);1H. The highest BCUT2D eigenvalue weighted by atomic mass is 127. The van der Waals surface area contributed by atoms with Crippen LogP contribution in [0.3, 0.4) is 0 Å². The zero-order chi connectivity index (χ0) is 19.8. The molecule has 5 nitrogen and oxygen atoms in total. The third-order valence-corrected chi connectivity index (χ3v) is 5.47. The van der Waals surface area contributed by atoms with Gasteiger partial charge in [0, 0.05) is 38.2 Å². The Labute approximate surface area is 190 Å². The van der Waals surface area contributed by atoms with E-state index in [4.69, 9.17) is 0 Å². The molecular formula is C23H31IN4O. The first-order valence-electron chi connectivity index (χ1n) is 9.98. The SMILES string of the molecule is CN=C(NCc1cccc(NC(C)=O)c1)NCC1(c2ccccc2)CCCC1.I. The molecule has 1 saturated carbocycles. The molecule has 0 heterocycles. The van der Waals surface area contributed by atoms with Gasteiger partial charge in [-0.2, -0.15) is 0 Å². The molecule has 1 aliphatic carbocycles. The predicted octanol–water partition coefficient (Wildman–Crippen LogP) is 4.44. The van der Waals surface area contributed by atoms with E-state index in [1.54, 1.807) is 7.05 Å². The van der Waals surface area contributed by atoms with Crippen molar-refractivity contribution in [3.63, 3.8) is 0 Å². The van der Waals surface area contributed by atoms with Crippen LogP contribution in [0.5, 0.6) is 0 Å². The van der Waals surface area contributed by atoms with Crippen molar-refractivity contribution < 1.29 is 4.79 Å². The molecule has 1 aliphatic rings. The zero-order valence-corrected chi connectivity index (χ0v) is 19.5. The molecule has 0 unspecified atom stereocenters. The largest absolute Gasteiger partial charge is 0.356 e. The Hall–Kier alpha value is -2.09. The smallest absolute Gasteiger partial charge is 0.221 e. The lowest BCUT2D eigenvalue weighted by atomic mass is 9.79. The number of guanidine groups is 1. The van der Waals surface area contributed by atoms with Crippen LogP contribution in [-0.2, 0) is 16.8 Å². The van der Waals surface area contributed by atoms with E-state index in [0.717, 1.165) is 23.8 Å². The number of rotatable bonds is 6. The maximum absolute atomic E-state index is 11.2. The second kappa shape index (κ2) is 11.2. The maximum Gasteiger partial charge on any atom is 0.221 e. The molecule has 0 saturated heterocycles. The number of carbonyl (C=O) groups excluding carboxylic acids is 1. The number of nitrogens with one attached hydrogen (secondary N) is 3. The number of aliphatic imine (C=N–C) groups is 1. The minimum atomic E-state index is -0.0645. The minimum Gasteiger partial charge on any atom is -0.356 e. The zero-order valence-electron chi connectivity index (χ0n) is 17.2. The minimum absolute atomic E-state index is 0. The van der Waals surface area contributed by atoms with Gasteiger partial charge in [-0.05, 0) is 36.1 Å². The third kappa shape index (κ3) is 6.45. The molecule has 0 atom stereocenters. The Kier molecular flexibility index (Phi) is 8.95. The summed E-state index contributed by atoms with van der Waals surface area (Å²) >= 11 is 0. The van der Waals surface area contributed by atoms with Gasteiger partial charge in [0.05, 0.1) is 0 Å². The molecule has 156 valence electrons. The lowest BCUT2D eigenvalue weighted by Gasteiger charge is -2.30. The summed E-state index contributed by atoms with van der Waals surface area (Å²) in [6.07, 6.45) is 4.97. The Balaban J connectivity index is 0.00000300. The third-order valence-electron chi connectivity index (χ3n) is 5.47. The summed E-state index contributed by atoms with van der Waals surface area (Å²) in [6.45, 7) is 3.04. The average molecular weight is 506 g/mol. The average Bonchev–Trinajstić information content (AvgIpc) is 3.19. The Morgan fingerprint density at radius 1 is 1.03 bits per heavy atom. The number of anilines is 1. The first-order valence-corrected chi connectivity index (χ1v) is 9.98. The summed E-state index contributed by atoms with van der Waals surface area (Å²) in [5.74, 6) is 0.734. The summed E-state index contributed by atoms with van der Waals surface area (Å²) in [5, 5.41) is 9.74. The van der Waals surface area contributed by atoms with Gasteiger partial charge in [0.2, 0.25) is 5.91 Å². The molecule has 0 spiro atoms. The molecule has 0 aromatic heterocycles. The van der Waals surface area contributed by atoms with E-state index in [1.807, 2.05) is 24.3 Å². The van der Waals surface area contributed by atoms with E-state index in [9.17, 15) is 4.79 Å². The summed E-state index contributed by atoms with van der Waals surface area (Å²) in [6, 6.07) is 18.7. The molecule has 2 aromatic rings. The summed E-state index contributed by atoms with van der Waals surface area (Å²) in [5.41, 5.74) is 3.50. The van der Waals surface area contributed by atoms with Gasteiger partial charge < -0.3 is 16.0 Å². The Morgan fingerprint density at radius 3 is 2.41 bits per heavy atom. The highest BCUT2D eigenvalue weighted by Gasteiger charge is 2.35. The van der Waals surface area contributed by atoms with E-state index in [1.165, 1.54) is 38.2 Å². The molecule has 0 bridgehead atoms. The number of nitrogens with zero attached hydrogens (tertiary/aromatic N) is 1. The molecule has 1 fully saturated rings. The molecule has 6 heteroatoms. The van der Waals surface area contributed by atoms with Crippen LogP contribution in [0, 0.1) is 0 Å². The fraction of sp³-hybridized carbons (Fsp3) is 0.391. The normalized spacial score (nSPS) is 15.3. The summed E-state index contributed by atoms with van der Waals surface area (Å²) < 4.78 is 0. The molecule has 1 amide bonds. The second-order valence-corrected chi connectivity index (χ2v) is 7.51. The van der Waals surface area contributed by atoms with Crippen molar-refractivity contribution in [2.24, 2.45) is 4.99 Å². The van der Waals surface area contributed by atoms with Crippen LogP contribution in [0.15, 0.2) is 59.6 Å². The molecule has 2 aromatic carbocycles. The van der Waals surface area contributed by atoms with Gasteiger partial charge in [-0.25, -0.2) is 0 Å². The fourth-order valence-electron chi connectivity index (χ4n) is 4.03. The lowest BCUT2D eigenvalue weighted by molar-refractivity contribution is -0.114. The van der Waals surface area contributed by atoms with Gasteiger partial charge in [-0.1, -0.05) is 55.3 Å². The monoisotopic (exact) mass is 506 g/mol. The van der Waals surface area contributed by atoms with E-state index >= 15 is 0 Å². The number of halogens is 1. The van der Waals surface area contributed by atoms with E-state index < -0.39 is 0 Å². The molecule has 3 rings (SSSR count). The first-order chi connectivity index (χ1) is 13.6. The number of carbonyl (C=O) groups is 1. The highest BCUT2D eigenvalue weighted by Crippen LogP contribution is 2.40. The van der Waals surface area contributed by atoms with Crippen LogP contribution in [0.2, 0.25) is 0 Å². The van der Waals surface area contributed by atoms with Crippen molar-refractivity contribution >= 4 is 41.5 Å². The van der Waals surface area contributed by atoms with Crippen molar-refractivity contribution in [1.29, 1.82) is 0 Å². The fourth-order valence-corrected chi connectivity index (χ4v) is 4.03. The van der Waals surface area contributed by atoms with Gasteiger partial charge in [0.25, 0.3) is 0 Å². The van der Waals surface area contributed by atoms with Crippen LogP contribution < -0.4 is 16.0 Å². The van der Waals surface area contributed by atoms with Gasteiger partial charge in [0.1, 0.15) is 0 Å². The number of benzene rings is 2. The molecule has 3 N–H and O–H groups in total. The van der Waals surface area contributed by atoms with E-state index in [0.29, 0.717) is 6.54 Å². The van der Waals surface area contributed by atoms with E-state index in [2.05, 4.69) is 51.3 Å². The summed E-state index contributed by atoms with van der Waals surface area (Å²) in [4.78, 5) is 15.6.